The molecule has 0 unspecified atom stereocenters. The Bertz CT molecular complexity index is 848. The Morgan fingerprint density at radius 2 is 2.04 bits per heavy atom. The van der Waals surface area contributed by atoms with Crippen LogP contribution < -0.4 is 5.32 Å². The van der Waals surface area contributed by atoms with Gasteiger partial charge in [0.2, 0.25) is 5.91 Å². The molecule has 5 heteroatoms. The first kappa shape index (κ1) is 14.9. The summed E-state index contributed by atoms with van der Waals surface area (Å²) in [7, 11) is 0. The molecule has 2 heterocycles. The maximum absolute atomic E-state index is 12.0. The van der Waals surface area contributed by atoms with Gasteiger partial charge in [0.05, 0.1) is 11.0 Å². The largest absolute Gasteiger partial charge is 0.368 e. The van der Waals surface area contributed by atoms with Crippen molar-refractivity contribution in [1.82, 2.24) is 14.9 Å². The summed E-state index contributed by atoms with van der Waals surface area (Å²) in [4.78, 5) is 16.4. The predicted molar refractivity (Wildman–Crippen MR) is 91.9 cm³/mol. The maximum Gasteiger partial charge on any atom is 0.249 e. The highest BCUT2D eigenvalue weighted by Gasteiger charge is 2.22. The fourth-order valence-corrected chi connectivity index (χ4v) is 3.03. The molecule has 0 aliphatic carbocycles. The van der Waals surface area contributed by atoms with Gasteiger partial charge in [-0.05, 0) is 42.7 Å². The number of nitrogens with one attached hydrogen (secondary N) is 1. The number of benzene rings is 2. The zero-order valence-corrected chi connectivity index (χ0v) is 13.3. The van der Waals surface area contributed by atoms with E-state index < -0.39 is 0 Å². The van der Waals surface area contributed by atoms with Crippen molar-refractivity contribution in [3.8, 4) is 5.69 Å². The lowest BCUT2D eigenvalue weighted by Crippen LogP contribution is -2.33. The zero-order chi connectivity index (χ0) is 16.4. The first-order valence-corrected chi connectivity index (χ1v) is 8.22. The van der Waals surface area contributed by atoms with E-state index in [-0.39, 0.29) is 12.0 Å². The van der Waals surface area contributed by atoms with Gasteiger partial charge in [0.25, 0.3) is 0 Å². The normalized spacial score (nSPS) is 17.2. The van der Waals surface area contributed by atoms with Crippen LogP contribution in [0.5, 0.6) is 0 Å². The average Bonchev–Trinajstić information content (AvgIpc) is 3.30. The summed E-state index contributed by atoms with van der Waals surface area (Å²) >= 11 is 0. The molecule has 0 saturated carbocycles. The number of hydrogen-bond acceptors (Lipinski definition) is 3. The van der Waals surface area contributed by atoms with Crippen LogP contribution in [-0.4, -0.2) is 28.2 Å². The number of imidazole rings is 1. The highest BCUT2D eigenvalue weighted by molar-refractivity contribution is 5.81. The summed E-state index contributed by atoms with van der Waals surface area (Å²) < 4.78 is 7.45. The van der Waals surface area contributed by atoms with Crippen molar-refractivity contribution in [2.45, 2.75) is 25.5 Å². The van der Waals surface area contributed by atoms with Crippen LogP contribution in [0.4, 0.5) is 0 Å². The lowest BCUT2D eigenvalue weighted by Gasteiger charge is -2.11. The molecule has 4 rings (SSSR count). The van der Waals surface area contributed by atoms with Crippen molar-refractivity contribution < 1.29 is 9.53 Å². The number of carbonyl (C=O) groups is 1. The zero-order valence-electron chi connectivity index (χ0n) is 13.3. The highest BCUT2D eigenvalue weighted by Crippen LogP contribution is 2.18. The summed E-state index contributed by atoms with van der Waals surface area (Å²) in [5.41, 5.74) is 4.18. The quantitative estimate of drug-likeness (QED) is 0.804. The number of aromatic nitrogens is 2. The number of fused-ring (bicyclic) bond motifs is 1. The third kappa shape index (κ3) is 2.90. The van der Waals surface area contributed by atoms with Crippen LogP contribution in [0.25, 0.3) is 16.7 Å². The van der Waals surface area contributed by atoms with Crippen LogP contribution in [0, 0.1) is 0 Å². The second-order valence-electron chi connectivity index (χ2n) is 5.99. The average molecular weight is 321 g/mol. The number of rotatable bonds is 4. The molecule has 1 aliphatic rings. The van der Waals surface area contributed by atoms with Crippen molar-refractivity contribution in [3.63, 3.8) is 0 Å². The SMILES string of the molecule is O=C(NCc1ccc(-n2cnc3ccccc32)cc1)[C@@H]1CCCO1. The van der Waals surface area contributed by atoms with Gasteiger partial charge >= 0.3 is 0 Å². The van der Waals surface area contributed by atoms with Crippen molar-refractivity contribution in [1.29, 1.82) is 0 Å². The monoisotopic (exact) mass is 321 g/mol. The second-order valence-corrected chi connectivity index (χ2v) is 5.99. The van der Waals surface area contributed by atoms with Crippen molar-refractivity contribution in [3.05, 3.63) is 60.4 Å². The second kappa shape index (κ2) is 6.45. The van der Waals surface area contributed by atoms with E-state index in [1.165, 1.54) is 0 Å². The van der Waals surface area contributed by atoms with Crippen LogP contribution >= 0.6 is 0 Å². The molecule has 122 valence electrons. The molecule has 24 heavy (non-hydrogen) atoms. The molecule has 3 aromatic rings. The number of para-hydroxylation sites is 2. The van der Waals surface area contributed by atoms with Gasteiger partial charge in [-0.25, -0.2) is 4.98 Å². The number of amides is 1. The van der Waals surface area contributed by atoms with Crippen LogP contribution in [0.15, 0.2) is 54.9 Å². The van der Waals surface area contributed by atoms with E-state index in [0.717, 1.165) is 35.1 Å². The minimum absolute atomic E-state index is 0.0165. The van der Waals surface area contributed by atoms with E-state index in [9.17, 15) is 4.79 Å². The molecule has 1 fully saturated rings. The van der Waals surface area contributed by atoms with Gasteiger partial charge in [-0.3, -0.25) is 9.36 Å². The molecule has 0 bridgehead atoms. The van der Waals surface area contributed by atoms with Gasteiger partial charge in [0.1, 0.15) is 12.4 Å². The first-order valence-electron chi connectivity index (χ1n) is 8.22. The Morgan fingerprint density at radius 1 is 1.21 bits per heavy atom. The molecule has 1 aromatic heterocycles. The van der Waals surface area contributed by atoms with Crippen LogP contribution in [0.3, 0.4) is 0 Å². The molecule has 1 N–H and O–H groups in total. The standard InChI is InChI=1S/C19H19N3O2/c23-19(18-6-3-11-24-18)20-12-14-7-9-15(10-8-14)22-13-21-16-4-1-2-5-17(16)22/h1-2,4-5,7-10,13,18H,3,6,11-12H2,(H,20,23)/t18-/m0/s1. The predicted octanol–water partition coefficient (Wildman–Crippen LogP) is 2.82. The van der Waals surface area contributed by atoms with Crippen LogP contribution in [-0.2, 0) is 16.1 Å². The summed E-state index contributed by atoms with van der Waals surface area (Å²) in [6.45, 7) is 1.20. The molecule has 1 atom stereocenters. The number of nitrogens with zero attached hydrogens (tertiary/aromatic N) is 2. The summed E-state index contributed by atoms with van der Waals surface area (Å²) in [6.07, 6.45) is 3.34. The molecule has 2 aromatic carbocycles. The topological polar surface area (TPSA) is 56.2 Å². The van der Waals surface area contributed by atoms with Gasteiger partial charge in [-0.1, -0.05) is 24.3 Å². The molecular formula is C19H19N3O2. The van der Waals surface area contributed by atoms with Crippen molar-refractivity contribution >= 4 is 16.9 Å². The summed E-state index contributed by atoms with van der Waals surface area (Å²) in [6, 6.07) is 16.2. The molecular weight excluding hydrogens is 302 g/mol. The van der Waals surface area contributed by atoms with Crippen LogP contribution in [0.1, 0.15) is 18.4 Å². The van der Waals surface area contributed by atoms with Gasteiger partial charge in [0, 0.05) is 18.8 Å². The third-order valence-electron chi connectivity index (χ3n) is 4.36. The van der Waals surface area contributed by atoms with Gasteiger partial charge in [0.15, 0.2) is 0 Å². The lowest BCUT2D eigenvalue weighted by atomic mass is 10.2. The number of carbonyl (C=O) groups excluding carboxylic acids is 1. The van der Waals surface area contributed by atoms with E-state index in [4.69, 9.17) is 4.74 Å². The van der Waals surface area contributed by atoms with Crippen LogP contribution in [0.2, 0.25) is 0 Å². The van der Waals surface area contributed by atoms with E-state index in [1.54, 1.807) is 0 Å². The molecule has 1 saturated heterocycles. The Morgan fingerprint density at radius 3 is 2.83 bits per heavy atom. The van der Waals surface area contributed by atoms with E-state index in [1.807, 2.05) is 48.8 Å². The Hall–Kier alpha value is -2.66. The first-order chi connectivity index (χ1) is 11.8. The molecule has 0 radical (unpaired) electrons. The summed E-state index contributed by atoms with van der Waals surface area (Å²) in [5, 5.41) is 2.94. The Kier molecular flexibility index (Phi) is 4.01. The highest BCUT2D eigenvalue weighted by atomic mass is 16.5. The molecule has 1 amide bonds. The summed E-state index contributed by atoms with van der Waals surface area (Å²) in [5.74, 6) is -0.0165. The van der Waals surface area contributed by atoms with Gasteiger partial charge in [-0.15, -0.1) is 0 Å². The minimum atomic E-state index is -0.276. The maximum atomic E-state index is 12.0. The van der Waals surface area contributed by atoms with Crippen molar-refractivity contribution in [2.24, 2.45) is 0 Å². The van der Waals surface area contributed by atoms with E-state index >= 15 is 0 Å². The molecule has 0 spiro atoms. The van der Waals surface area contributed by atoms with Crippen molar-refractivity contribution in [2.75, 3.05) is 6.61 Å². The number of hydrogen-bond donors (Lipinski definition) is 1. The van der Waals surface area contributed by atoms with E-state index in [2.05, 4.69) is 20.9 Å². The Labute approximate surface area is 140 Å². The fraction of sp³-hybridized carbons (Fsp3) is 0.263. The Balaban J connectivity index is 1.45. The van der Waals surface area contributed by atoms with Gasteiger partial charge < -0.3 is 10.1 Å². The fourth-order valence-electron chi connectivity index (χ4n) is 3.03. The molecule has 5 nitrogen and oxygen atoms in total. The molecule has 1 aliphatic heterocycles. The van der Waals surface area contributed by atoms with Gasteiger partial charge in [-0.2, -0.15) is 0 Å². The minimum Gasteiger partial charge on any atom is -0.368 e. The third-order valence-corrected chi connectivity index (χ3v) is 4.36. The lowest BCUT2D eigenvalue weighted by molar-refractivity contribution is -0.130. The van der Waals surface area contributed by atoms with E-state index in [0.29, 0.717) is 13.2 Å². The number of ether oxygens (including phenoxy) is 1. The smallest absolute Gasteiger partial charge is 0.249 e.